The molecule has 2 aromatic carbocycles. The normalized spacial score (nSPS) is 10.4. The quantitative estimate of drug-likeness (QED) is 0.813. The fourth-order valence-corrected chi connectivity index (χ4v) is 2.34. The molecule has 0 fully saturated rings. The van der Waals surface area contributed by atoms with Crippen molar-refractivity contribution in [2.75, 3.05) is 11.1 Å². The van der Waals surface area contributed by atoms with Gasteiger partial charge in [0.15, 0.2) is 0 Å². The van der Waals surface area contributed by atoms with Gasteiger partial charge in [-0.05, 0) is 59.6 Å². The molecule has 0 saturated carbocycles. The van der Waals surface area contributed by atoms with Crippen molar-refractivity contribution in [3.8, 4) is 0 Å². The van der Waals surface area contributed by atoms with Crippen LogP contribution >= 0.6 is 15.9 Å². The molecule has 3 nitrogen and oxygen atoms in total. The Kier molecular flexibility index (Phi) is 4.09. The lowest BCUT2D eigenvalue weighted by Gasteiger charge is -2.10. The van der Waals surface area contributed by atoms with E-state index in [1.807, 2.05) is 19.1 Å². The molecule has 0 aromatic heterocycles. The lowest BCUT2D eigenvalue weighted by molar-refractivity contribution is 0.102. The van der Waals surface area contributed by atoms with E-state index in [4.69, 9.17) is 5.73 Å². The number of aryl methyl sites for hydroxylation is 1. The van der Waals surface area contributed by atoms with Crippen molar-refractivity contribution >= 4 is 33.2 Å². The second-order valence-electron chi connectivity index (χ2n) is 4.61. The van der Waals surface area contributed by atoms with Gasteiger partial charge >= 0.3 is 0 Å². The summed E-state index contributed by atoms with van der Waals surface area (Å²) in [4.78, 5) is 12.1. The van der Waals surface area contributed by atoms with Crippen LogP contribution in [0.3, 0.4) is 0 Å². The molecular formula is C15H14BrFN2O. The summed E-state index contributed by atoms with van der Waals surface area (Å²) in [6.07, 6.45) is 0. The maximum absolute atomic E-state index is 13.6. The fraction of sp³-hybridized carbons (Fsp3) is 0.133. The van der Waals surface area contributed by atoms with Gasteiger partial charge in [-0.3, -0.25) is 4.79 Å². The topological polar surface area (TPSA) is 55.1 Å². The highest BCUT2D eigenvalue weighted by atomic mass is 79.9. The lowest BCUT2D eigenvalue weighted by atomic mass is 10.1. The van der Waals surface area contributed by atoms with Gasteiger partial charge in [-0.15, -0.1) is 0 Å². The van der Waals surface area contributed by atoms with Crippen molar-refractivity contribution < 1.29 is 9.18 Å². The number of carbonyl (C=O) groups excluding carboxylic acids is 1. The number of nitrogen functional groups attached to an aromatic ring is 1. The molecule has 5 heteroatoms. The van der Waals surface area contributed by atoms with Gasteiger partial charge in [0.05, 0.1) is 5.69 Å². The minimum atomic E-state index is -0.488. The first-order chi connectivity index (χ1) is 9.38. The van der Waals surface area contributed by atoms with E-state index in [2.05, 4.69) is 21.2 Å². The Bertz CT molecular complexity index is 663. The van der Waals surface area contributed by atoms with Crippen LogP contribution in [0.15, 0.2) is 34.8 Å². The van der Waals surface area contributed by atoms with Crippen LogP contribution in [0.5, 0.6) is 0 Å². The van der Waals surface area contributed by atoms with Crippen molar-refractivity contribution in [2.45, 2.75) is 13.8 Å². The summed E-state index contributed by atoms with van der Waals surface area (Å²) in [5.74, 6) is -0.890. The maximum Gasteiger partial charge on any atom is 0.255 e. The number of nitrogens with one attached hydrogen (secondary N) is 1. The monoisotopic (exact) mass is 336 g/mol. The lowest BCUT2D eigenvalue weighted by Crippen LogP contribution is -2.13. The van der Waals surface area contributed by atoms with Crippen molar-refractivity contribution in [1.29, 1.82) is 0 Å². The Labute approximate surface area is 125 Å². The standard InChI is InChI=1S/C15H14BrFN2O/c1-8-3-4-14(11(16)5-8)19-15(20)10-6-12(17)9(2)13(18)7-10/h3-7H,18H2,1-2H3,(H,19,20). The number of hydrogen-bond acceptors (Lipinski definition) is 2. The molecule has 0 spiro atoms. The molecular weight excluding hydrogens is 323 g/mol. The Balaban J connectivity index is 2.28. The number of hydrogen-bond donors (Lipinski definition) is 2. The zero-order valence-electron chi connectivity index (χ0n) is 11.1. The first-order valence-electron chi connectivity index (χ1n) is 6.01. The van der Waals surface area contributed by atoms with Gasteiger partial charge in [0.1, 0.15) is 5.82 Å². The van der Waals surface area contributed by atoms with Gasteiger partial charge in [-0.25, -0.2) is 4.39 Å². The minimum Gasteiger partial charge on any atom is -0.398 e. The van der Waals surface area contributed by atoms with Crippen LogP contribution in [-0.2, 0) is 0 Å². The number of halogens is 2. The van der Waals surface area contributed by atoms with Crippen molar-refractivity contribution in [3.05, 3.63) is 57.3 Å². The SMILES string of the molecule is Cc1ccc(NC(=O)c2cc(N)c(C)c(F)c2)c(Br)c1. The highest BCUT2D eigenvalue weighted by molar-refractivity contribution is 9.10. The van der Waals surface area contributed by atoms with Gasteiger partial charge in [0, 0.05) is 21.3 Å². The van der Waals surface area contributed by atoms with E-state index in [0.717, 1.165) is 10.0 Å². The van der Waals surface area contributed by atoms with Gasteiger partial charge in [-0.2, -0.15) is 0 Å². The Morgan fingerprint density at radius 3 is 2.55 bits per heavy atom. The predicted octanol–water partition coefficient (Wildman–Crippen LogP) is 4.04. The van der Waals surface area contributed by atoms with E-state index in [1.54, 1.807) is 13.0 Å². The van der Waals surface area contributed by atoms with Gasteiger partial charge in [0.25, 0.3) is 5.91 Å². The largest absolute Gasteiger partial charge is 0.398 e. The summed E-state index contributed by atoms with van der Waals surface area (Å²) in [5.41, 5.74) is 8.17. The van der Waals surface area contributed by atoms with Crippen molar-refractivity contribution in [3.63, 3.8) is 0 Å². The van der Waals surface area contributed by atoms with Crippen LogP contribution in [0.2, 0.25) is 0 Å². The summed E-state index contributed by atoms with van der Waals surface area (Å²) in [6, 6.07) is 8.20. The number of benzene rings is 2. The summed E-state index contributed by atoms with van der Waals surface area (Å²) in [5, 5.41) is 2.72. The predicted molar refractivity (Wildman–Crippen MR) is 82.4 cm³/mol. The maximum atomic E-state index is 13.6. The number of anilines is 2. The average molecular weight is 337 g/mol. The van der Waals surface area contributed by atoms with E-state index in [1.165, 1.54) is 12.1 Å². The summed E-state index contributed by atoms with van der Waals surface area (Å²) in [7, 11) is 0. The van der Waals surface area contributed by atoms with E-state index < -0.39 is 11.7 Å². The molecule has 0 unspecified atom stereocenters. The second kappa shape index (κ2) is 5.63. The van der Waals surface area contributed by atoms with Crippen molar-refractivity contribution in [2.24, 2.45) is 0 Å². The highest BCUT2D eigenvalue weighted by Crippen LogP contribution is 2.25. The molecule has 0 aliphatic rings. The molecule has 0 aliphatic carbocycles. The van der Waals surface area contributed by atoms with Crippen LogP contribution < -0.4 is 11.1 Å². The number of carbonyl (C=O) groups is 1. The Hall–Kier alpha value is -1.88. The molecule has 0 saturated heterocycles. The fourth-order valence-electron chi connectivity index (χ4n) is 1.75. The molecule has 20 heavy (non-hydrogen) atoms. The third-order valence-corrected chi connectivity index (χ3v) is 3.68. The Morgan fingerprint density at radius 1 is 1.25 bits per heavy atom. The first kappa shape index (κ1) is 14.5. The van der Waals surface area contributed by atoms with Crippen LogP contribution in [0.4, 0.5) is 15.8 Å². The molecule has 0 bridgehead atoms. The van der Waals surface area contributed by atoms with E-state index in [0.29, 0.717) is 11.3 Å². The van der Waals surface area contributed by atoms with Crippen LogP contribution in [0, 0.1) is 19.7 Å². The molecule has 2 rings (SSSR count). The molecule has 0 radical (unpaired) electrons. The smallest absolute Gasteiger partial charge is 0.255 e. The van der Waals surface area contributed by atoms with Crippen LogP contribution in [-0.4, -0.2) is 5.91 Å². The number of nitrogens with two attached hydrogens (primary N) is 1. The number of amides is 1. The van der Waals surface area contributed by atoms with Crippen LogP contribution in [0.1, 0.15) is 21.5 Å². The van der Waals surface area contributed by atoms with E-state index in [9.17, 15) is 9.18 Å². The van der Waals surface area contributed by atoms with E-state index >= 15 is 0 Å². The summed E-state index contributed by atoms with van der Waals surface area (Å²) < 4.78 is 14.4. The van der Waals surface area contributed by atoms with Crippen LogP contribution in [0.25, 0.3) is 0 Å². The number of rotatable bonds is 2. The van der Waals surface area contributed by atoms with Gasteiger partial charge in [0.2, 0.25) is 0 Å². The highest BCUT2D eigenvalue weighted by Gasteiger charge is 2.12. The molecule has 0 heterocycles. The summed E-state index contributed by atoms with van der Waals surface area (Å²) >= 11 is 3.38. The molecule has 3 N–H and O–H groups in total. The minimum absolute atomic E-state index is 0.193. The molecule has 104 valence electrons. The third kappa shape index (κ3) is 2.99. The molecule has 0 aliphatic heterocycles. The van der Waals surface area contributed by atoms with E-state index in [-0.39, 0.29) is 11.3 Å². The van der Waals surface area contributed by atoms with Crippen molar-refractivity contribution in [1.82, 2.24) is 0 Å². The average Bonchev–Trinajstić information content (AvgIpc) is 2.38. The first-order valence-corrected chi connectivity index (χ1v) is 6.81. The zero-order chi connectivity index (χ0) is 14.9. The molecule has 0 atom stereocenters. The second-order valence-corrected chi connectivity index (χ2v) is 5.46. The zero-order valence-corrected chi connectivity index (χ0v) is 12.7. The van der Waals surface area contributed by atoms with Gasteiger partial charge in [-0.1, -0.05) is 6.07 Å². The van der Waals surface area contributed by atoms with Gasteiger partial charge < -0.3 is 11.1 Å². The third-order valence-electron chi connectivity index (χ3n) is 3.02. The molecule has 2 aromatic rings. The Morgan fingerprint density at radius 2 is 1.95 bits per heavy atom. The summed E-state index contributed by atoms with van der Waals surface area (Å²) in [6.45, 7) is 3.52. The molecule has 1 amide bonds.